The topological polar surface area (TPSA) is 151 Å². The summed E-state index contributed by atoms with van der Waals surface area (Å²) in [4.78, 5) is 44.7. The van der Waals surface area contributed by atoms with Gasteiger partial charge in [0.2, 0.25) is 0 Å². The van der Waals surface area contributed by atoms with E-state index in [2.05, 4.69) is 5.32 Å². The molecule has 1 N–H and O–H groups in total. The molecule has 2 rings (SSSR count). The van der Waals surface area contributed by atoms with Gasteiger partial charge < -0.3 is 14.8 Å². The van der Waals surface area contributed by atoms with Crippen molar-refractivity contribution in [3.05, 3.63) is 74.3 Å². The van der Waals surface area contributed by atoms with Gasteiger partial charge in [0, 0.05) is 18.2 Å². The molecule has 0 aromatic heterocycles. The molecule has 2 aromatic carbocycles. The molecular weight excluding hydrogens is 398 g/mol. The molecule has 1 unspecified atom stereocenters. The maximum absolute atomic E-state index is 12.2. The fourth-order valence-electron chi connectivity index (χ4n) is 2.27. The Morgan fingerprint density at radius 2 is 1.73 bits per heavy atom. The van der Waals surface area contributed by atoms with Crippen molar-refractivity contribution in [2.24, 2.45) is 0 Å². The van der Waals surface area contributed by atoms with E-state index in [1.54, 1.807) is 0 Å². The van der Waals surface area contributed by atoms with Crippen molar-refractivity contribution in [3.8, 4) is 5.75 Å². The molecule has 0 spiro atoms. The van der Waals surface area contributed by atoms with E-state index >= 15 is 0 Å². The third-order valence-electron chi connectivity index (χ3n) is 3.84. The van der Waals surface area contributed by atoms with Gasteiger partial charge in [-0.15, -0.1) is 0 Å². The molecule has 0 radical (unpaired) electrons. The number of esters is 1. The molecule has 1 atom stereocenters. The van der Waals surface area contributed by atoms with Crippen molar-refractivity contribution in [1.82, 2.24) is 0 Å². The minimum atomic E-state index is -1.24. The molecule has 0 saturated carbocycles. The van der Waals surface area contributed by atoms with Gasteiger partial charge in [0.05, 0.1) is 23.0 Å². The molecule has 11 heteroatoms. The SMILES string of the molecule is COc1ccc(NC(=O)C(C)OC(=O)/C=C/c2ccc([N+](=O)[O-])cc2)c([N+](=O)[O-])c1. The Kier molecular flexibility index (Phi) is 7.17. The highest BCUT2D eigenvalue weighted by Crippen LogP contribution is 2.29. The molecule has 156 valence electrons. The number of amides is 1. The largest absolute Gasteiger partial charge is 0.496 e. The summed E-state index contributed by atoms with van der Waals surface area (Å²) in [7, 11) is 1.35. The quantitative estimate of drug-likeness (QED) is 0.299. The van der Waals surface area contributed by atoms with Gasteiger partial charge in [0.15, 0.2) is 6.10 Å². The summed E-state index contributed by atoms with van der Waals surface area (Å²) in [5.41, 5.74) is -0.0226. The van der Waals surface area contributed by atoms with E-state index in [0.29, 0.717) is 5.56 Å². The van der Waals surface area contributed by atoms with Crippen LogP contribution in [0.15, 0.2) is 48.5 Å². The highest BCUT2D eigenvalue weighted by Gasteiger charge is 2.22. The van der Waals surface area contributed by atoms with E-state index < -0.39 is 27.8 Å². The number of rotatable bonds is 8. The number of methoxy groups -OCH3 is 1. The lowest BCUT2D eigenvalue weighted by atomic mass is 10.2. The second-order valence-electron chi connectivity index (χ2n) is 5.89. The van der Waals surface area contributed by atoms with Crippen LogP contribution in [0.4, 0.5) is 17.1 Å². The number of non-ortho nitro benzene ring substituents is 1. The molecule has 0 aliphatic rings. The van der Waals surface area contributed by atoms with E-state index in [0.717, 1.165) is 12.1 Å². The van der Waals surface area contributed by atoms with E-state index in [1.165, 1.54) is 56.5 Å². The maximum atomic E-state index is 12.2. The lowest BCUT2D eigenvalue weighted by Crippen LogP contribution is -2.29. The van der Waals surface area contributed by atoms with Crippen molar-refractivity contribution in [2.75, 3.05) is 12.4 Å². The molecular formula is C19H17N3O8. The van der Waals surface area contributed by atoms with Crippen LogP contribution in [-0.4, -0.2) is 34.9 Å². The van der Waals surface area contributed by atoms with Crippen molar-refractivity contribution < 1.29 is 28.9 Å². The number of nitrogens with one attached hydrogen (secondary N) is 1. The number of anilines is 1. The Bertz CT molecular complexity index is 1000. The number of ether oxygens (including phenoxy) is 2. The van der Waals surface area contributed by atoms with Crippen LogP contribution in [0.5, 0.6) is 5.75 Å². The van der Waals surface area contributed by atoms with Gasteiger partial charge in [0.25, 0.3) is 17.3 Å². The normalized spacial score (nSPS) is 11.5. The zero-order chi connectivity index (χ0) is 22.3. The third-order valence-corrected chi connectivity index (χ3v) is 3.84. The fourth-order valence-corrected chi connectivity index (χ4v) is 2.27. The van der Waals surface area contributed by atoms with Crippen LogP contribution in [0.1, 0.15) is 12.5 Å². The first-order chi connectivity index (χ1) is 14.2. The minimum Gasteiger partial charge on any atom is -0.496 e. The number of carbonyl (C=O) groups excluding carboxylic acids is 2. The summed E-state index contributed by atoms with van der Waals surface area (Å²) in [6, 6.07) is 9.34. The van der Waals surface area contributed by atoms with E-state index in [9.17, 15) is 29.8 Å². The Labute approximate surface area is 170 Å². The molecule has 0 saturated heterocycles. The highest BCUT2D eigenvalue weighted by molar-refractivity contribution is 5.98. The van der Waals surface area contributed by atoms with Gasteiger partial charge in [-0.3, -0.25) is 25.0 Å². The van der Waals surface area contributed by atoms with Crippen LogP contribution < -0.4 is 10.1 Å². The average molecular weight is 415 g/mol. The first-order valence-electron chi connectivity index (χ1n) is 8.47. The van der Waals surface area contributed by atoms with Crippen LogP contribution in [-0.2, 0) is 14.3 Å². The van der Waals surface area contributed by atoms with E-state index in [4.69, 9.17) is 9.47 Å². The molecule has 11 nitrogen and oxygen atoms in total. The van der Waals surface area contributed by atoms with Gasteiger partial charge in [0.1, 0.15) is 11.4 Å². The molecule has 0 fully saturated rings. The zero-order valence-electron chi connectivity index (χ0n) is 15.9. The minimum absolute atomic E-state index is 0.0740. The summed E-state index contributed by atoms with van der Waals surface area (Å²) in [6.45, 7) is 1.31. The van der Waals surface area contributed by atoms with Crippen molar-refractivity contribution in [3.63, 3.8) is 0 Å². The van der Waals surface area contributed by atoms with Crippen molar-refractivity contribution in [1.29, 1.82) is 0 Å². The predicted molar refractivity (Wildman–Crippen MR) is 106 cm³/mol. The standard InChI is InChI=1S/C19H17N3O8/c1-12(19(24)20-16-9-8-15(29-2)11-17(16)22(27)28)30-18(23)10-5-13-3-6-14(7-4-13)21(25)26/h3-12H,1-2H3,(H,20,24)/b10-5+. The smallest absolute Gasteiger partial charge is 0.331 e. The molecule has 0 aliphatic heterocycles. The average Bonchev–Trinajstić information content (AvgIpc) is 2.72. The Balaban J connectivity index is 1.99. The molecule has 0 heterocycles. The van der Waals surface area contributed by atoms with E-state index in [1.807, 2.05) is 0 Å². The predicted octanol–water partition coefficient (Wildman–Crippen LogP) is 3.10. The van der Waals surface area contributed by atoms with E-state index in [-0.39, 0.29) is 22.8 Å². The van der Waals surface area contributed by atoms with Crippen molar-refractivity contribution in [2.45, 2.75) is 13.0 Å². The number of hydrogen-bond donors (Lipinski definition) is 1. The summed E-state index contributed by atoms with van der Waals surface area (Å²) < 4.78 is 9.89. The van der Waals surface area contributed by atoms with Crippen LogP contribution >= 0.6 is 0 Å². The zero-order valence-corrected chi connectivity index (χ0v) is 15.9. The second-order valence-corrected chi connectivity index (χ2v) is 5.89. The van der Waals surface area contributed by atoms with Gasteiger partial charge >= 0.3 is 5.97 Å². The maximum Gasteiger partial charge on any atom is 0.331 e. The Morgan fingerprint density at radius 3 is 2.30 bits per heavy atom. The number of nitro groups is 2. The highest BCUT2D eigenvalue weighted by atomic mass is 16.6. The van der Waals surface area contributed by atoms with Gasteiger partial charge in [-0.2, -0.15) is 0 Å². The number of benzene rings is 2. The number of nitrogens with zero attached hydrogens (tertiary/aromatic N) is 2. The molecule has 2 aromatic rings. The first-order valence-corrected chi connectivity index (χ1v) is 8.47. The lowest BCUT2D eigenvalue weighted by molar-refractivity contribution is -0.384. The first kappa shape index (κ1) is 22.0. The van der Waals surface area contributed by atoms with Gasteiger partial charge in [-0.05, 0) is 42.8 Å². The van der Waals surface area contributed by atoms with Crippen LogP contribution in [0, 0.1) is 20.2 Å². The molecule has 30 heavy (non-hydrogen) atoms. The number of hydrogen-bond acceptors (Lipinski definition) is 8. The monoisotopic (exact) mass is 415 g/mol. The van der Waals surface area contributed by atoms with Crippen LogP contribution in [0.3, 0.4) is 0 Å². The molecule has 0 bridgehead atoms. The third kappa shape index (κ3) is 5.86. The molecule has 0 aliphatic carbocycles. The van der Waals surface area contributed by atoms with Crippen LogP contribution in [0.25, 0.3) is 6.08 Å². The lowest BCUT2D eigenvalue weighted by Gasteiger charge is -2.13. The fraction of sp³-hybridized carbons (Fsp3) is 0.158. The Hall–Kier alpha value is -4.28. The summed E-state index contributed by atoms with van der Waals surface area (Å²) in [5.74, 6) is -1.35. The van der Waals surface area contributed by atoms with Gasteiger partial charge in [-0.25, -0.2) is 4.79 Å². The van der Waals surface area contributed by atoms with Gasteiger partial charge in [-0.1, -0.05) is 0 Å². The Morgan fingerprint density at radius 1 is 1.07 bits per heavy atom. The van der Waals surface area contributed by atoms with Crippen molar-refractivity contribution >= 4 is 35.0 Å². The summed E-state index contributed by atoms with van der Waals surface area (Å²) >= 11 is 0. The van der Waals surface area contributed by atoms with Crippen LogP contribution in [0.2, 0.25) is 0 Å². The number of nitro benzene ring substituents is 2. The summed E-state index contributed by atoms with van der Waals surface area (Å²) in [6.07, 6.45) is 1.19. The number of carbonyl (C=O) groups is 2. The molecule has 1 amide bonds. The summed E-state index contributed by atoms with van der Waals surface area (Å²) in [5, 5.41) is 24.1. The second kappa shape index (κ2) is 9.78.